The highest BCUT2D eigenvalue weighted by Crippen LogP contribution is 2.37. The van der Waals surface area contributed by atoms with Gasteiger partial charge in [0, 0.05) is 23.9 Å². The molecule has 11 heteroatoms. The van der Waals surface area contributed by atoms with Gasteiger partial charge in [-0.1, -0.05) is 0 Å². The van der Waals surface area contributed by atoms with Crippen LogP contribution in [-0.2, 0) is 36.9 Å². The zero-order valence-electron chi connectivity index (χ0n) is 14.1. The molecule has 1 atom stereocenters. The molecule has 0 aliphatic carbocycles. The number of carbonyl (C=O) groups is 5. The first-order valence-corrected chi connectivity index (χ1v) is 8.50. The van der Waals surface area contributed by atoms with E-state index in [-0.39, 0.29) is 35.9 Å². The lowest BCUT2D eigenvalue weighted by molar-refractivity contribution is -0.147. The van der Waals surface area contributed by atoms with Crippen LogP contribution < -0.4 is 10.6 Å². The second kappa shape index (κ2) is 8.56. The highest BCUT2D eigenvalue weighted by atomic mass is 32.1. The first-order valence-electron chi connectivity index (χ1n) is 7.69. The number of ether oxygens (including phenoxy) is 1. The number of aliphatic carboxylic acids is 1. The Kier molecular flexibility index (Phi) is 6.42. The van der Waals surface area contributed by atoms with E-state index in [0.29, 0.717) is 10.4 Å². The summed E-state index contributed by atoms with van der Waals surface area (Å²) in [5, 5.41) is 22.7. The van der Waals surface area contributed by atoms with E-state index in [1.165, 1.54) is 6.92 Å². The first-order chi connectivity index (χ1) is 12.7. The highest BCUT2D eigenvalue weighted by Gasteiger charge is 2.31. The molecule has 4 N–H and O–H groups in total. The number of allylic oxidation sites excluding steroid dienone is 1. The molecule has 0 saturated carbocycles. The molecule has 27 heavy (non-hydrogen) atoms. The van der Waals surface area contributed by atoms with E-state index in [1.807, 2.05) is 0 Å². The molecule has 144 valence electrons. The number of fused-ring (bicyclic) bond motifs is 1. The number of thiophene rings is 1. The quantitative estimate of drug-likeness (QED) is 0.391. The second-order valence-corrected chi connectivity index (χ2v) is 6.70. The number of carboxylic acid groups (broad SMARTS) is 2. The van der Waals surface area contributed by atoms with Gasteiger partial charge in [0.1, 0.15) is 5.00 Å². The van der Waals surface area contributed by atoms with Crippen LogP contribution in [0.15, 0.2) is 12.2 Å². The Morgan fingerprint density at radius 3 is 2.52 bits per heavy atom. The third kappa shape index (κ3) is 5.21. The first kappa shape index (κ1) is 20.3. The van der Waals surface area contributed by atoms with Gasteiger partial charge in [-0.05, 0) is 18.6 Å². The fourth-order valence-electron chi connectivity index (χ4n) is 2.39. The number of anilines is 1. The highest BCUT2D eigenvalue weighted by molar-refractivity contribution is 7.17. The van der Waals surface area contributed by atoms with Crippen molar-refractivity contribution in [2.45, 2.75) is 26.1 Å². The van der Waals surface area contributed by atoms with Crippen molar-refractivity contribution in [1.82, 2.24) is 5.32 Å². The third-order valence-electron chi connectivity index (χ3n) is 3.58. The van der Waals surface area contributed by atoms with E-state index in [2.05, 4.69) is 10.6 Å². The van der Waals surface area contributed by atoms with Crippen molar-refractivity contribution in [3.05, 3.63) is 28.2 Å². The Morgan fingerprint density at radius 2 is 1.93 bits per heavy atom. The summed E-state index contributed by atoms with van der Waals surface area (Å²) in [6.07, 6.45) is 1.85. The standard InChI is InChI=1S/C16H16N2O8S/c1-7(19)2-3-11(20)17-5-8-4-9-10(6-26-8)27-14(12(9)15(22)23)18-13(21)16(24)25/h2-3,8H,4-6H2,1H3,(H,17,20)(H,18,21)(H,22,23)(H,24,25). The summed E-state index contributed by atoms with van der Waals surface area (Å²) in [5.74, 6) is -5.13. The van der Waals surface area contributed by atoms with Gasteiger partial charge in [0.15, 0.2) is 5.78 Å². The second-order valence-electron chi connectivity index (χ2n) is 5.60. The number of carbonyl (C=O) groups excluding carboxylic acids is 3. The predicted octanol–water partition coefficient (Wildman–Crippen LogP) is 0.172. The average Bonchev–Trinajstić information content (AvgIpc) is 2.95. The summed E-state index contributed by atoms with van der Waals surface area (Å²) in [6, 6.07) is 0. The lowest BCUT2D eigenvalue weighted by Gasteiger charge is -2.23. The maximum absolute atomic E-state index is 11.6. The Morgan fingerprint density at radius 1 is 1.22 bits per heavy atom. The summed E-state index contributed by atoms with van der Waals surface area (Å²) in [4.78, 5) is 56.6. The van der Waals surface area contributed by atoms with Crippen molar-refractivity contribution in [2.75, 3.05) is 11.9 Å². The van der Waals surface area contributed by atoms with Gasteiger partial charge in [0.2, 0.25) is 5.91 Å². The molecule has 2 heterocycles. The number of nitrogens with one attached hydrogen (secondary N) is 2. The lowest BCUT2D eigenvalue weighted by atomic mass is 10.0. The molecule has 0 bridgehead atoms. The molecule has 2 amide bonds. The maximum atomic E-state index is 11.6. The number of hydrogen-bond acceptors (Lipinski definition) is 7. The molecule has 1 aromatic rings. The van der Waals surface area contributed by atoms with Crippen molar-refractivity contribution >= 4 is 45.9 Å². The van der Waals surface area contributed by atoms with Gasteiger partial charge >= 0.3 is 17.8 Å². The molecule has 1 aliphatic heterocycles. The molecule has 0 radical (unpaired) electrons. The summed E-state index contributed by atoms with van der Waals surface area (Å²) in [6.45, 7) is 1.46. The normalized spacial score (nSPS) is 15.8. The third-order valence-corrected chi connectivity index (χ3v) is 4.70. The van der Waals surface area contributed by atoms with Crippen LogP contribution in [-0.4, -0.2) is 52.4 Å². The molecule has 0 aromatic carbocycles. The summed E-state index contributed by atoms with van der Waals surface area (Å²) >= 11 is 0.937. The van der Waals surface area contributed by atoms with Crippen molar-refractivity contribution in [2.24, 2.45) is 0 Å². The molecular weight excluding hydrogens is 380 g/mol. The van der Waals surface area contributed by atoms with Crippen molar-refractivity contribution in [1.29, 1.82) is 0 Å². The van der Waals surface area contributed by atoms with E-state index in [9.17, 15) is 29.1 Å². The molecule has 10 nitrogen and oxygen atoms in total. The zero-order valence-corrected chi connectivity index (χ0v) is 14.9. The molecular formula is C16H16N2O8S. The fourth-order valence-corrected chi connectivity index (χ4v) is 3.53. The number of carboxylic acids is 2. The molecule has 0 spiro atoms. The minimum atomic E-state index is -1.73. The Labute approximate surface area is 156 Å². The molecule has 1 aliphatic rings. The van der Waals surface area contributed by atoms with E-state index in [4.69, 9.17) is 9.84 Å². The van der Waals surface area contributed by atoms with Crippen molar-refractivity contribution in [3.8, 4) is 0 Å². The van der Waals surface area contributed by atoms with Crippen molar-refractivity contribution < 1.29 is 38.9 Å². The van der Waals surface area contributed by atoms with Crippen LogP contribution >= 0.6 is 11.3 Å². The molecule has 1 aromatic heterocycles. The van der Waals surface area contributed by atoms with Crippen LogP contribution in [0.4, 0.5) is 5.00 Å². The number of hydrogen-bond donors (Lipinski definition) is 4. The van der Waals surface area contributed by atoms with E-state index < -0.39 is 29.9 Å². The van der Waals surface area contributed by atoms with Gasteiger partial charge < -0.3 is 25.6 Å². The fraction of sp³-hybridized carbons (Fsp3) is 0.312. The van der Waals surface area contributed by atoms with Crippen LogP contribution in [0, 0.1) is 0 Å². The number of amides is 2. The van der Waals surface area contributed by atoms with Crippen LogP contribution in [0.2, 0.25) is 0 Å². The molecule has 0 saturated heterocycles. The number of rotatable bonds is 6. The van der Waals surface area contributed by atoms with Crippen LogP contribution in [0.5, 0.6) is 0 Å². The van der Waals surface area contributed by atoms with E-state index in [1.54, 1.807) is 0 Å². The van der Waals surface area contributed by atoms with Gasteiger partial charge in [0.05, 0.1) is 18.3 Å². The Bertz CT molecular complexity index is 842. The van der Waals surface area contributed by atoms with E-state index >= 15 is 0 Å². The molecule has 1 unspecified atom stereocenters. The lowest BCUT2D eigenvalue weighted by Crippen LogP contribution is -2.36. The molecule has 0 fully saturated rings. The smallest absolute Gasteiger partial charge is 0.394 e. The van der Waals surface area contributed by atoms with Crippen LogP contribution in [0.3, 0.4) is 0 Å². The van der Waals surface area contributed by atoms with Gasteiger partial charge in [-0.3, -0.25) is 14.4 Å². The maximum Gasteiger partial charge on any atom is 0.394 e. The summed E-state index contributed by atoms with van der Waals surface area (Å²) < 4.78 is 5.56. The average molecular weight is 396 g/mol. The summed E-state index contributed by atoms with van der Waals surface area (Å²) in [5.41, 5.74) is 0.249. The van der Waals surface area contributed by atoms with Gasteiger partial charge in [-0.25, -0.2) is 9.59 Å². The van der Waals surface area contributed by atoms with E-state index in [0.717, 1.165) is 23.5 Å². The Hall–Kier alpha value is -3.05. The summed E-state index contributed by atoms with van der Waals surface area (Å²) in [7, 11) is 0. The largest absolute Gasteiger partial charge is 0.478 e. The topological polar surface area (TPSA) is 159 Å². The Balaban J connectivity index is 2.12. The predicted molar refractivity (Wildman–Crippen MR) is 92.7 cm³/mol. The van der Waals surface area contributed by atoms with Gasteiger partial charge in [-0.2, -0.15) is 0 Å². The monoisotopic (exact) mass is 396 g/mol. The van der Waals surface area contributed by atoms with Gasteiger partial charge in [0.25, 0.3) is 0 Å². The SMILES string of the molecule is CC(=O)C=CC(=O)NCC1Cc2c(sc(NC(=O)C(=O)O)c2C(=O)O)CO1. The van der Waals surface area contributed by atoms with Crippen LogP contribution in [0.1, 0.15) is 27.7 Å². The molecule has 2 rings (SSSR count). The van der Waals surface area contributed by atoms with Crippen molar-refractivity contribution in [3.63, 3.8) is 0 Å². The van der Waals surface area contributed by atoms with Gasteiger partial charge in [-0.15, -0.1) is 11.3 Å². The minimum Gasteiger partial charge on any atom is -0.478 e. The number of aromatic carboxylic acids is 1. The van der Waals surface area contributed by atoms with Crippen LogP contribution in [0.25, 0.3) is 0 Å². The number of ketones is 1. The zero-order chi connectivity index (χ0) is 20.1. The minimum absolute atomic E-state index is 0.0625.